The van der Waals surface area contributed by atoms with Crippen LogP contribution in [0.3, 0.4) is 0 Å². The van der Waals surface area contributed by atoms with Crippen LogP contribution in [0.2, 0.25) is 5.15 Å². The normalized spacial score (nSPS) is 27.2. The molecule has 1 fully saturated rings. The number of nitrogens with zero attached hydrogens (tertiary/aromatic N) is 2. The van der Waals surface area contributed by atoms with Crippen LogP contribution in [-0.2, 0) is 0 Å². The molecule has 1 aliphatic carbocycles. The molecule has 2 nitrogen and oxygen atoms in total. The second kappa shape index (κ2) is 2.96. The summed E-state index contributed by atoms with van der Waals surface area (Å²) in [6.45, 7) is 2.20. The molecular formula is C8H8BrClN2. The Morgan fingerprint density at radius 1 is 1.67 bits per heavy atom. The van der Waals surface area contributed by atoms with Crippen LogP contribution in [0.4, 0.5) is 0 Å². The van der Waals surface area contributed by atoms with Crippen molar-refractivity contribution in [3.05, 3.63) is 21.6 Å². The monoisotopic (exact) mass is 246 g/mol. The lowest BCUT2D eigenvalue weighted by Crippen LogP contribution is -1.93. The Labute approximate surface area is 84.5 Å². The van der Waals surface area contributed by atoms with Gasteiger partial charge in [0.05, 0.1) is 4.47 Å². The third-order valence-corrected chi connectivity index (χ3v) is 3.26. The summed E-state index contributed by atoms with van der Waals surface area (Å²) in [6, 6.07) is 0. The fraction of sp³-hybridized carbons (Fsp3) is 0.500. The molecule has 0 spiro atoms. The number of rotatable bonds is 1. The van der Waals surface area contributed by atoms with Gasteiger partial charge in [-0.3, -0.25) is 0 Å². The number of hydrogen-bond acceptors (Lipinski definition) is 2. The van der Waals surface area contributed by atoms with E-state index in [1.165, 1.54) is 6.42 Å². The average molecular weight is 248 g/mol. The summed E-state index contributed by atoms with van der Waals surface area (Å²) in [5.41, 5.74) is 0. The van der Waals surface area contributed by atoms with E-state index in [1.54, 1.807) is 6.20 Å². The summed E-state index contributed by atoms with van der Waals surface area (Å²) in [6.07, 6.45) is 2.91. The standard InChI is InChI=1S/C8H8BrClN2/c1-4-2-5(4)8-11-3-6(9)7(10)12-8/h3-5H,2H2,1H3. The van der Waals surface area contributed by atoms with Gasteiger partial charge < -0.3 is 0 Å². The summed E-state index contributed by atoms with van der Waals surface area (Å²) >= 11 is 9.09. The van der Waals surface area contributed by atoms with E-state index in [9.17, 15) is 0 Å². The molecule has 1 aromatic heterocycles. The quantitative estimate of drug-likeness (QED) is 0.713. The van der Waals surface area contributed by atoms with E-state index >= 15 is 0 Å². The van der Waals surface area contributed by atoms with Gasteiger partial charge in [-0.05, 0) is 28.3 Å². The lowest BCUT2D eigenvalue weighted by atomic mass is 10.3. The van der Waals surface area contributed by atoms with Crippen LogP contribution in [0.15, 0.2) is 10.7 Å². The highest BCUT2D eigenvalue weighted by atomic mass is 79.9. The zero-order chi connectivity index (χ0) is 8.72. The van der Waals surface area contributed by atoms with Crippen LogP contribution >= 0.6 is 27.5 Å². The first-order valence-electron chi connectivity index (χ1n) is 3.86. The van der Waals surface area contributed by atoms with Crippen molar-refractivity contribution < 1.29 is 0 Å². The molecule has 1 aromatic rings. The van der Waals surface area contributed by atoms with Gasteiger partial charge in [-0.1, -0.05) is 18.5 Å². The Morgan fingerprint density at radius 2 is 2.33 bits per heavy atom. The van der Waals surface area contributed by atoms with E-state index in [2.05, 4.69) is 32.8 Å². The lowest BCUT2D eigenvalue weighted by Gasteiger charge is -1.98. The van der Waals surface area contributed by atoms with E-state index in [4.69, 9.17) is 11.6 Å². The number of hydrogen-bond donors (Lipinski definition) is 0. The molecule has 0 radical (unpaired) electrons. The molecule has 0 aliphatic heterocycles. The summed E-state index contributed by atoms with van der Waals surface area (Å²) in [5.74, 6) is 2.15. The van der Waals surface area contributed by atoms with Gasteiger partial charge in [0.25, 0.3) is 0 Å². The van der Waals surface area contributed by atoms with Gasteiger partial charge in [0.15, 0.2) is 0 Å². The Kier molecular flexibility index (Phi) is 2.09. The van der Waals surface area contributed by atoms with E-state index in [0.717, 1.165) is 16.2 Å². The van der Waals surface area contributed by atoms with Gasteiger partial charge in [0.2, 0.25) is 0 Å². The van der Waals surface area contributed by atoms with E-state index in [0.29, 0.717) is 11.1 Å². The van der Waals surface area contributed by atoms with Crippen molar-refractivity contribution in [1.29, 1.82) is 0 Å². The molecule has 2 unspecified atom stereocenters. The molecule has 12 heavy (non-hydrogen) atoms. The van der Waals surface area contributed by atoms with Crippen LogP contribution in [-0.4, -0.2) is 9.97 Å². The SMILES string of the molecule is CC1CC1c1ncc(Br)c(Cl)n1. The lowest BCUT2D eigenvalue weighted by molar-refractivity contribution is 0.840. The second-order valence-corrected chi connectivity index (χ2v) is 4.40. The maximum absolute atomic E-state index is 5.84. The van der Waals surface area contributed by atoms with Crippen LogP contribution in [0.1, 0.15) is 25.1 Å². The Bertz CT molecular complexity index is 316. The van der Waals surface area contributed by atoms with Gasteiger partial charge >= 0.3 is 0 Å². The Morgan fingerprint density at radius 3 is 2.83 bits per heavy atom. The highest BCUT2D eigenvalue weighted by Gasteiger charge is 2.36. The van der Waals surface area contributed by atoms with Crippen molar-refractivity contribution in [2.75, 3.05) is 0 Å². The van der Waals surface area contributed by atoms with E-state index in [1.807, 2.05) is 0 Å². The molecule has 0 N–H and O–H groups in total. The molecule has 2 atom stereocenters. The first kappa shape index (κ1) is 8.45. The molecule has 0 amide bonds. The van der Waals surface area contributed by atoms with Crippen LogP contribution in [0.25, 0.3) is 0 Å². The molecule has 0 bridgehead atoms. The van der Waals surface area contributed by atoms with E-state index < -0.39 is 0 Å². The third-order valence-electron chi connectivity index (χ3n) is 2.16. The minimum atomic E-state index is 0.513. The maximum atomic E-state index is 5.84. The molecule has 1 aliphatic rings. The topological polar surface area (TPSA) is 25.8 Å². The fourth-order valence-corrected chi connectivity index (χ4v) is 1.55. The second-order valence-electron chi connectivity index (χ2n) is 3.19. The molecule has 1 saturated carbocycles. The minimum absolute atomic E-state index is 0.513. The molecule has 0 saturated heterocycles. The molecule has 64 valence electrons. The first-order valence-corrected chi connectivity index (χ1v) is 5.03. The van der Waals surface area contributed by atoms with E-state index in [-0.39, 0.29) is 0 Å². The highest BCUT2D eigenvalue weighted by molar-refractivity contribution is 9.10. The molecule has 2 rings (SSSR count). The zero-order valence-corrected chi connectivity index (χ0v) is 8.93. The summed E-state index contributed by atoms with van der Waals surface area (Å²) < 4.78 is 0.765. The first-order chi connectivity index (χ1) is 5.68. The van der Waals surface area contributed by atoms with Crippen LogP contribution in [0.5, 0.6) is 0 Å². The Balaban J connectivity index is 2.29. The molecule has 1 heterocycles. The predicted molar refractivity (Wildman–Crippen MR) is 51.3 cm³/mol. The summed E-state index contributed by atoms with van der Waals surface area (Å²) in [5, 5.41) is 0.513. The maximum Gasteiger partial charge on any atom is 0.146 e. The predicted octanol–water partition coefficient (Wildman–Crippen LogP) is 3.02. The van der Waals surface area contributed by atoms with Gasteiger partial charge in [-0.2, -0.15) is 0 Å². The molecular weight excluding hydrogens is 239 g/mol. The fourth-order valence-electron chi connectivity index (χ4n) is 1.22. The van der Waals surface area contributed by atoms with Gasteiger partial charge in [0.1, 0.15) is 11.0 Å². The van der Waals surface area contributed by atoms with Crippen molar-refractivity contribution >= 4 is 27.5 Å². The summed E-state index contributed by atoms with van der Waals surface area (Å²) in [4.78, 5) is 8.40. The molecule has 4 heteroatoms. The number of halogens is 2. The van der Waals surface area contributed by atoms with Crippen molar-refractivity contribution in [3.63, 3.8) is 0 Å². The van der Waals surface area contributed by atoms with Crippen molar-refractivity contribution in [2.24, 2.45) is 5.92 Å². The van der Waals surface area contributed by atoms with Crippen molar-refractivity contribution in [3.8, 4) is 0 Å². The van der Waals surface area contributed by atoms with Crippen LogP contribution < -0.4 is 0 Å². The zero-order valence-electron chi connectivity index (χ0n) is 6.59. The van der Waals surface area contributed by atoms with Crippen LogP contribution in [0, 0.1) is 5.92 Å². The van der Waals surface area contributed by atoms with Gasteiger partial charge in [-0.15, -0.1) is 0 Å². The smallest absolute Gasteiger partial charge is 0.146 e. The summed E-state index contributed by atoms with van der Waals surface area (Å²) in [7, 11) is 0. The minimum Gasteiger partial charge on any atom is -0.240 e. The third kappa shape index (κ3) is 1.48. The highest BCUT2D eigenvalue weighted by Crippen LogP contribution is 2.45. The van der Waals surface area contributed by atoms with Crippen molar-refractivity contribution in [2.45, 2.75) is 19.3 Å². The Hall–Kier alpha value is -0.150. The van der Waals surface area contributed by atoms with Gasteiger partial charge in [-0.25, -0.2) is 9.97 Å². The van der Waals surface area contributed by atoms with Crippen molar-refractivity contribution in [1.82, 2.24) is 9.97 Å². The largest absolute Gasteiger partial charge is 0.240 e. The van der Waals surface area contributed by atoms with Gasteiger partial charge in [0, 0.05) is 12.1 Å². The molecule has 0 aromatic carbocycles. The number of aromatic nitrogens is 2. The average Bonchev–Trinajstić information content (AvgIpc) is 2.73.